The molecular weight excluding hydrogens is 585 g/mol. The Morgan fingerprint density at radius 2 is 2.11 bits per heavy atom. The van der Waals surface area contributed by atoms with E-state index in [1.54, 1.807) is 10.7 Å². The third kappa shape index (κ3) is 4.12. The van der Waals surface area contributed by atoms with Gasteiger partial charge < -0.3 is 14.3 Å². The zero-order valence-electron chi connectivity index (χ0n) is 24.4. The molecule has 12 heteroatoms. The van der Waals surface area contributed by atoms with Gasteiger partial charge in [0.05, 0.1) is 41.7 Å². The molecule has 4 aliphatic carbocycles. The molecule has 0 amide bonds. The minimum atomic E-state index is -1.51. The summed E-state index contributed by atoms with van der Waals surface area (Å²) in [5.74, 6) is -1.34. The molecule has 0 aliphatic heterocycles. The third-order valence-electron chi connectivity index (χ3n) is 11.0. The number of ether oxygens (including phenoxy) is 1. The molecule has 1 N–H and O–H groups in total. The zero-order chi connectivity index (χ0) is 30.9. The van der Waals surface area contributed by atoms with Crippen molar-refractivity contribution >= 4 is 28.9 Å². The minimum Gasteiger partial charge on any atom is -0.451 e. The number of allylic oxidation sites excluding steroid dienone is 1. The zero-order valence-corrected chi connectivity index (χ0v) is 25.2. The molecule has 44 heavy (non-hydrogen) atoms. The normalized spacial score (nSPS) is 33.7. The van der Waals surface area contributed by atoms with Crippen LogP contribution in [0.5, 0.6) is 0 Å². The van der Waals surface area contributed by atoms with Gasteiger partial charge in [-0.25, -0.2) is 19.4 Å². The Bertz CT molecular complexity index is 1700. The summed E-state index contributed by atoms with van der Waals surface area (Å²) in [5, 5.41) is 25.5. The molecule has 0 aromatic carbocycles. The first-order valence-corrected chi connectivity index (χ1v) is 15.8. The van der Waals surface area contributed by atoms with Crippen molar-refractivity contribution in [3.63, 3.8) is 0 Å². The number of hydrogen-bond donors (Lipinski definition) is 1. The number of aromatic nitrogens is 4. The van der Waals surface area contributed by atoms with Crippen molar-refractivity contribution in [3.05, 3.63) is 65.7 Å². The molecule has 228 valence electrons. The van der Waals surface area contributed by atoms with Gasteiger partial charge in [0.25, 0.3) is 0 Å². The topological polar surface area (TPSA) is 144 Å². The molecule has 0 unspecified atom stereocenters. The van der Waals surface area contributed by atoms with Crippen molar-refractivity contribution in [2.24, 2.45) is 28.6 Å². The number of rotatable bonds is 5. The maximum Gasteiger partial charge on any atom is 0.361 e. The van der Waals surface area contributed by atoms with Gasteiger partial charge in [0.1, 0.15) is 6.26 Å². The van der Waals surface area contributed by atoms with E-state index >= 15 is 0 Å². The number of aliphatic hydroxyl groups is 1. The fourth-order valence-electron chi connectivity index (χ4n) is 9.15. The van der Waals surface area contributed by atoms with Crippen molar-refractivity contribution in [3.8, 4) is 11.8 Å². The number of oxazole rings is 1. The van der Waals surface area contributed by atoms with Crippen molar-refractivity contribution in [2.75, 3.05) is 5.75 Å². The Hall–Kier alpha value is -3.82. The van der Waals surface area contributed by atoms with Gasteiger partial charge in [0, 0.05) is 5.41 Å². The number of pyridine rings is 1. The van der Waals surface area contributed by atoms with Crippen LogP contribution in [0, 0.1) is 45.9 Å². The highest BCUT2D eigenvalue weighted by Gasteiger charge is 2.70. The van der Waals surface area contributed by atoms with Crippen LogP contribution in [0.2, 0.25) is 0 Å². The van der Waals surface area contributed by atoms with E-state index in [9.17, 15) is 24.3 Å². The summed E-state index contributed by atoms with van der Waals surface area (Å²) in [6, 6.07) is 4.98. The van der Waals surface area contributed by atoms with Crippen LogP contribution in [0.25, 0.3) is 11.8 Å². The Balaban J connectivity index is 1.23. The number of hydrogen-bond acceptors (Lipinski definition) is 10. The minimum absolute atomic E-state index is 0.0143. The molecule has 0 bridgehead atoms. The first-order chi connectivity index (χ1) is 21.1. The third-order valence-corrected chi connectivity index (χ3v) is 11.9. The Kier molecular flexibility index (Phi) is 6.82. The van der Waals surface area contributed by atoms with Crippen LogP contribution in [-0.4, -0.2) is 53.4 Å². The first kappa shape index (κ1) is 28.9. The predicted molar refractivity (Wildman–Crippen MR) is 157 cm³/mol. The summed E-state index contributed by atoms with van der Waals surface area (Å²) in [6.45, 7) is 4.19. The number of nitrogens with zero attached hydrogens (tertiary/aromatic N) is 5. The lowest BCUT2D eigenvalue weighted by atomic mass is 9.45. The van der Waals surface area contributed by atoms with Gasteiger partial charge in [-0.15, -0.1) is 0 Å². The number of carbonyl (C=O) groups excluding carboxylic acids is 2. The number of thioether (sulfide) groups is 1. The fraction of sp³-hybridized carbons (Fsp3) is 0.500. The predicted octanol–water partition coefficient (Wildman–Crippen LogP) is 4.93. The van der Waals surface area contributed by atoms with Gasteiger partial charge in [-0.3, -0.25) is 4.79 Å². The number of carbonyl (C=O) groups is 2. The van der Waals surface area contributed by atoms with E-state index in [4.69, 9.17) is 9.15 Å². The van der Waals surface area contributed by atoms with E-state index in [1.807, 2.05) is 19.2 Å². The van der Waals surface area contributed by atoms with E-state index in [0.717, 1.165) is 42.3 Å². The first-order valence-electron chi connectivity index (χ1n) is 14.8. The maximum atomic E-state index is 13.9. The van der Waals surface area contributed by atoms with Crippen LogP contribution in [0.3, 0.4) is 0 Å². The largest absolute Gasteiger partial charge is 0.451 e. The van der Waals surface area contributed by atoms with Crippen LogP contribution in [0.4, 0.5) is 4.39 Å². The highest BCUT2D eigenvalue weighted by molar-refractivity contribution is 8.14. The van der Waals surface area contributed by atoms with Crippen molar-refractivity contribution < 1.29 is 28.2 Å². The summed E-state index contributed by atoms with van der Waals surface area (Å²) in [4.78, 5) is 34.8. The van der Waals surface area contributed by atoms with Gasteiger partial charge in [-0.2, -0.15) is 14.8 Å². The summed E-state index contributed by atoms with van der Waals surface area (Å²) in [7, 11) is 0. The second-order valence-corrected chi connectivity index (χ2v) is 13.9. The molecule has 0 spiro atoms. The molecule has 7 atom stereocenters. The Morgan fingerprint density at radius 3 is 2.84 bits per heavy atom. The number of fused-ring (bicyclic) bond motifs is 6. The number of esters is 1. The molecule has 0 radical (unpaired) electrons. The lowest BCUT2D eigenvalue weighted by Crippen LogP contribution is -2.62. The van der Waals surface area contributed by atoms with E-state index < -0.39 is 29.0 Å². The van der Waals surface area contributed by atoms with E-state index in [1.165, 1.54) is 24.1 Å². The molecule has 0 saturated heterocycles. The highest BCUT2D eigenvalue weighted by atomic mass is 32.2. The molecule has 3 aromatic rings. The van der Waals surface area contributed by atoms with Gasteiger partial charge in [0.2, 0.25) is 11.1 Å². The van der Waals surface area contributed by atoms with Crippen molar-refractivity contribution in [1.29, 1.82) is 5.26 Å². The van der Waals surface area contributed by atoms with E-state index in [-0.39, 0.29) is 46.2 Å². The van der Waals surface area contributed by atoms with Gasteiger partial charge >= 0.3 is 5.97 Å². The number of halogens is 1. The van der Waals surface area contributed by atoms with E-state index in [2.05, 4.69) is 28.1 Å². The summed E-state index contributed by atoms with van der Waals surface area (Å²) in [5.41, 5.74) is 1.19. The molecule has 3 saturated carbocycles. The van der Waals surface area contributed by atoms with Crippen LogP contribution < -0.4 is 0 Å². The molecular formula is C32H32FN5O5S. The van der Waals surface area contributed by atoms with Crippen LogP contribution >= 0.6 is 11.8 Å². The molecule has 3 fully saturated rings. The van der Waals surface area contributed by atoms with Crippen LogP contribution in [0.1, 0.15) is 67.7 Å². The van der Waals surface area contributed by atoms with Gasteiger partial charge in [-0.05, 0) is 85.5 Å². The molecule has 3 heterocycles. The summed E-state index contributed by atoms with van der Waals surface area (Å²) >= 11 is 0.861. The number of aliphatic hydroxyl groups excluding tert-OH is 1. The Morgan fingerprint density at radius 1 is 1.27 bits per heavy atom. The van der Waals surface area contributed by atoms with Crippen LogP contribution in [-0.2, 0) is 16.0 Å². The molecule has 3 aromatic heterocycles. The summed E-state index contributed by atoms with van der Waals surface area (Å²) in [6.07, 6.45) is 10.6. The maximum absolute atomic E-state index is 13.9. The van der Waals surface area contributed by atoms with Crippen LogP contribution in [0.15, 0.2) is 47.2 Å². The number of nitriles is 1. The van der Waals surface area contributed by atoms with Gasteiger partial charge in [-0.1, -0.05) is 31.2 Å². The highest BCUT2D eigenvalue weighted by Crippen LogP contribution is 2.69. The SMILES string of the molecule is C[C@]12Cc3cnn(-c4ccc(F)nc4)c3C=C1CC[C@@H]1[C@@H]2[C@@H](O)C[C@@]2(C)[C@H]1CC[C@]2(OC(=O)c1cocn1)C(=O)SCC#N. The standard InChI is InChI=1S/C32H32FN5O5S/c1-30-12-18-14-37-38(20-4-6-26(33)35-15-20)24(18)11-19(30)3-5-21-22-7-8-32(29(41)44-10-9-34,31(22,2)13-25(39)27(21)30)43-28(40)23-16-42-17-36-23/h4,6,11,14-17,21-22,25,27,39H,3,5,7-8,10,12-13H2,1-2H3/t21-,22-,25-,27+,30-,31-,32-/m0/s1. The monoisotopic (exact) mass is 617 g/mol. The van der Waals surface area contributed by atoms with Crippen molar-refractivity contribution in [1.82, 2.24) is 19.7 Å². The second-order valence-electron chi connectivity index (χ2n) is 13.0. The van der Waals surface area contributed by atoms with Crippen molar-refractivity contribution in [2.45, 2.75) is 64.1 Å². The summed E-state index contributed by atoms with van der Waals surface area (Å²) < 4.78 is 26.4. The average Bonchev–Trinajstić information content (AvgIpc) is 3.73. The smallest absolute Gasteiger partial charge is 0.361 e. The quantitative estimate of drug-likeness (QED) is 0.309. The lowest BCUT2D eigenvalue weighted by Gasteiger charge is -2.60. The second kappa shape index (κ2) is 10.4. The fourth-order valence-corrected chi connectivity index (χ4v) is 9.96. The van der Waals surface area contributed by atoms with Gasteiger partial charge in [0.15, 0.2) is 17.7 Å². The molecule has 10 nitrogen and oxygen atoms in total. The Labute approximate surface area is 257 Å². The van der Waals surface area contributed by atoms with E-state index in [0.29, 0.717) is 24.9 Å². The molecule has 4 aliphatic rings. The lowest BCUT2D eigenvalue weighted by molar-refractivity contribution is -0.174. The molecule has 7 rings (SSSR count). The average molecular weight is 618 g/mol.